The fraction of sp³-hybridized carbons (Fsp3) is 0.529. The maximum atomic E-state index is 13.0. The molecule has 3 heterocycles. The predicted octanol–water partition coefficient (Wildman–Crippen LogP) is 1.74. The minimum absolute atomic E-state index is 0.0830. The number of carbonyl (C=O) groups excluding carboxylic acids is 2. The highest BCUT2D eigenvalue weighted by atomic mass is 16.5. The average molecular weight is 300 g/mol. The average Bonchev–Trinajstić information content (AvgIpc) is 3.16. The molecule has 0 bridgehead atoms. The van der Waals surface area contributed by atoms with Crippen LogP contribution in [0.4, 0.5) is 5.69 Å². The lowest BCUT2D eigenvalue weighted by atomic mass is 9.75. The lowest BCUT2D eigenvalue weighted by Gasteiger charge is -2.36. The molecule has 5 nitrogen and oxygen atoms in total. The van der Waals surface area contributed by atoms with Crippen LogP contribution in [0, 0.1) is 11.8 Å². The van der Waals surface area contributed by atoms with Gasteiger partial charge in [0.2, 0.25) is 0 Å². The summed E-state index contributed by atoms with van der Waals surface area (Å²) in [5.41, 5.74) is 0.845. The SMILES string of the molecule is COC(=O)C1C(C)C2CCCN2C12C(=O)Nc1ccccc12. The minimum atomic E-state index is -0.899. The van der Waals surface area contributed by atoms with Crippen molar-refractivity contribution in [1.82, 2.24) is 4.90 Å². The summed E-state index contributed by atoms with van der Waals surface area (Å²) < 4.78 is 5.07. The van der Waals surface area contributed by atoms with Gasteiger partial charge < -0.3 is 10.1 Å². The molecule has 2 saturated heterocycles. The van der Waals surface area contributed by atoms with E-state index in [0.29, 0.717) is 0 Å². The van der Waals surface area contributed by atoms with Crippen LogP contribution in [0.5, 0.6) is 0 Å². The van der Waals surface area contributed by atoms with Gasteiger partial charge in [-0.2, -0.15) is 0 Å². The predicted molar refractivity (Wildman–Crippen MR) is 81.1 cm³/mol. The number of anilines is 1. The number of carbonyl (C=O) groups is 2. The summed E-state index contributed by atoms with van der Waals surface area (Å²) in [7, 11) is 1.41. The van der Waals surface area contributed by atoms with Crippen LogP contribution < -0.4 is 5.32 Å². The van der Waals surface area contributed by atoms with Crippen molar-refractivity contribution in [1.29, 1.82) is 0 Å². The third-order valence-corrected chi connectivity index (χ3v) is 5.72. The molecular weight excluding hydrogens is 280 g/mol. The van der Waals surface area contributed by atoms with Crippen molar-refractivity contribution >= 4 is 17.6 Å². The van der Waals surface area contributed by atoms with Crippen LogP contribution in [0.15, 0.2) is 24.3 Å². The Balaban J connectivity index is 1.96. The molecule has 0 radical (unpaired) electrons. The van der Waals surface area contributed by atoms with E-state index in [1.54, 1.807) is 0 Å². The number of hydrogen-bond donors (Lipinski definition) is 1. The zero-order valence-corrected chi connectivity index (χ0v) is 12.8. The van der Waals surface area contributed by atoms with E-state index in [9.17, 15) is 9.59 Å². The number of ether oxygens (including phenoxy) is 1. The number of esters is 1. The lowest BCUT2D eigenvalue weighted by molar-refractivity contribution is -0.153. The number of amides is 1. The van der Waals surface area contributed by atoms with E-state index in [4.69, 9.17) is 4.74 Å². The first kappa shape index (κ1) is 13.8. The lowest BCUT2D eigenvalue weighted by Crippen LogP contribution is -2.53. The van der Waals surface area contributed by atoms with E-state index in [-0.39, 0.29) is 23.8 Å². The number of fused-ring (bicyclic) bond motifs is 4. The molecule has 5 heteroatoms. The number of nitrogens with zero attached hydrogens (tertiary/aromatic N) is 1. The summed E-state index contributed by atoms with van der Waals surface area (Å²) in [5, 5.41) is 2.98. The molecule has 4 unspecified atom stereocenters. The van der Waals surface area contributed by atoms with Gasteiger partial charge in [0, 0.05) is 17.3 Å². The highest BCUT2D eigenvalue weighted by molar-refractivity contribution is 6.08. The standard InChI is InChI=1S/C17H20N2O3/c1-10-13-8-5-9-19(13)17(14(10)15(20)22-2)11-6-3-4-7-12(11)18-16(17)21/h3-4,6-7,10,13-14H,5,8-9H2,1-2H3,(H,18,21). The van der Waals surface area contributed by atoms with Crippen molar-refractivity contribution in [3.05, 3.63) is 29.8 Å². The van der Waals surface area contributed by atoms with Crippen LogP contribution in [-0.4, -0.2) is 36.5 Å². The first-order valence-electron chi connectivity index (χ1n) is 7.88. The third kappa shape index (κ3) is 1.42. The largest absolute Gasteiger partial charge is 0.469 e. The first-order chi connectivity index (χ1) is 10.6. The summed E-state index contributed by atoms with van der Waals surface area (Å²) in [6, 6.07) is 7.98. The van der Waals surface area contributed by atoms with Crippen LogP contribution in [0.3, 0.4) is 0 Å². The molecule has 1 amide bonds. The second-order valence-corrected chi connectivity index (χ2v) is 6.53. The summed E-state index contributed by atoms with van der Waals surface area (Å²) in [6.45, 7) is 2.93. The number of benzene rings is 1. The Hall–Kier alpha value is -1.88. The Kier molecular flexibility index (Phi) is 2.85. The summed E-state index contributed by atoms with van der Waals surface area (Å²) in [4.78, 5) is 27.8. The van der Waals surface area contributed by atoms with Gasteiger partial charge in [-0.15, -0.1) is 0 Å². The van der Waals surface area contributed by atoms with E-state index in [1.807, 2.05) is 24.3 Å². The molecule has 1 aromatic carbocycles. The Labute approximate surface area is 129 Å². The van der Waals surface area contributed by atoms with Gasteiger partial charge in [-0.25, -0.2) is 0 Å². The van der Waals surface area contributed by atoms with Crippen LogP contribution in [0.25, 0.3) is 0 Å². The van der Waals surface area contributed by atoms with Crippen molar-refractivity contribution in [2.45, 2.75) is 31.3 Å². The first-order valence-corrected chi connectivity index (χ1v) is 7.88. The van der Waals surface area contributed by atoms with E-state index in [2.05, 4.69) is 17.1 Å². The Morgan fingerprint density at radius 1 is 1.41 bits per heavy atom. The monoisotopic (exact) mass is 300 g/mol. The van der Waals surface area contributed by atoms with E-state index >= 15 is 0 Å². The van der Waals surface area contributed by atoms with Gasteiger partial charge in [-0.1, -0.05) is 25.1 Å². The van der Waals surface area contributed by atoms with Gasteiger partial charge >= 0.3 is 5.97 Å². The van der Waals surface area contributed by atoms with E-state index < -0.39 is 11.5 Å². The normalized spacial score (nSPS) is 36.3. The molecule has 1 spiro atoms. The fourth-order valence-electron chi connectivity index (χ4n) is 4.93. The highest BCUT2D eigenvalue weighted by Gasteiger charge is 2.68. The number of para-hydroxylation sites is 1. The van der Waals surface area contributed by atoms with Crippen LogP contribution in [0.1, 0.15) is 25.3 Å². The van der Waals surface area contributed by atoms with E-state index in [0.717, 1.165) is 30.6 Å². The van der Waals surface area contributed by atoms with Gasteiger partial charge in [0.05, 0.1) is 13.0 Å². The smallest absolute Gasteiger partial charge is 0.311 e. The molecule has 22 heavy (non-hydrogen) atoms. The molecular formula is C17H20N2O3. The molecule has 3 aliphatic heterocycles. The molecule has 3 aliphatic rings. The van der Waals surface area contributed by atoms with Gasteiger partial charge in [0.1, 0.15) is 5.54 Å². The van der Waals surface area contributed by atoms with E-state index in [1.165, 1.54) is 7.11 Å². The number of rotatable bonds is 1. The Morgan fingerprint density at radius 3 is 2.95 bits per heavy atom. The second kappa shape index (κ2) is 4.56. The van der Waals surface area contributed by atoms with Crippen LogP contribution in [-0.2, 0) is 19.9 Å². The molecule has 1 N–H and O–H groups in total. The van der Waals surface area contributed by atoms with Crippen LogP contribution in [0.2, 0.25) is 0 Å². The topological polar surface area (TPSA) is 58.6 Å². The number of methoxy groups -OCH3 is 1. The highest BCUT2D eigenvalue weighted by Crippen LogP contribution is 2.57. The maximum Gasteiger partial charge on any atom is 0.311 e. The van der Waals surface area contributed by atoms with Gasteiger partial charge in [-0.3, -0.25) is 14.5 Å². The van der Waals surface area contributed by atoms with Crippen LogP contribution >= 0.6 is 0 Å². The molecule has 0 saturated carbocycles. The molecule has 0 aliphatic carbocycles. The number of hydrogen-bond acceptors (Lipinski definition) is 4. The molecule has 4 rings (SSSR count). The van der Waals surface area contributed by atoms with Crippen molar-refractivity contribution in [2.75, 3.05) is 19.0 Å². The summed E-state index contributed by atoms with van der Waals surface area (Å²) in [6.07, 6.45) is 2.10. The van der Waals surface area contributed by atoms with Gasteiger partial charge in [0.25, 0.3) is 5.91 Å². The van der Waals surface area contributed by atoms with Crippen molar-refractivity contribution in [3.63, 3.8) is 0 Å². The van der Waals surface area contributed by atoms with Crippen molar-refractivity contribution < 1.29 is 14.3 Å². The second-order valence-electron chi connectivity index (χ2n) is 6.53. The Morgan fingerprint density at radius 2 is 2.18 bits per heavy atom. The zero-order chi connectivity index (χ0) is 15.5. The quantitative estimate of drug-likeness (QED) is 0.803. The molecule has 0 aromatic heterocycles. The zero-order valence-electron chi connectivity index (χ0n) is 12.8. The molecule has 4 atom stereocenters. The maximum absolute atomic E-state index is 13.0. The fourth-order valence-corrected chi connectivity index (χ4v) is 4.93. The van der Waals surface area contributed by atoms with Crippen molar-refractivity contribution in [2.24, 2.45) is 11.8 Å². The molecule has 1 aromatic rings. The van der Waals surface area contributed by atoms with Gasteiger partial charge in [0.15, 0.2) is 0 Å². The summed E-state index contributed by atoms with van der Waals surface area (Å²) >= 11 is 0. The third-order valence-electron chi connectivity index (χ3n) is 5.72. The molecule has 2 fully saturated rings. The Bertz CT molecular complexity index is 659. The minimum Gasteiger partial charge on any atom is -0.469 e. The van der Waals surface area contributed by atoms with Gasteiger partial charge in [-0.05, 0) is 31.4 Å². The van der Waals surface area contributed by atoms with Crippen molar-refractivity contribution in [3.8, 4) is 0 Å². The summed E-state index contributed by atoms with van der Waals surface area (Å²) in [5.74, 6) is -0.715. The molecule has 116 valence electrons. The number of nitrogens with one attached hydrogen (secondary N) is 1.